The molecule has 0 heterocycles. The van der Waals surface area contributed by atoms with Crippen LogP contribution in [0.4, 0.5) is 0 Å². The van der Waals surface area contributed by atoms with E-state index in [1.54, 1.807) is 13.8 Å². The molecule has 0 bridgehead atoms. The summed E-state index contributed by atoms with van der Waals surface area (Å²) in [5, 5.41) is 0. The van der Waals surface area contributed by atoms with Crippen LogP contribution in [0.5, 0.6) is 0 Å². The van der Waals surface area contributed by atoms with Crippen molar-refractivity contribution in [3.8, 4) is 0 Å². The molecule has 0 saturated heterocycles. The van der Waals surface area contributed by atoms with Gasteiger partial charge in [0.05, 0.1) is 13.2 Å². The summed E-state index contributed by atoms with van der Waals surface area (Å²) in [7, 11) is 0. The fourth-order valence-electron chi connectivity index (χ4n) is 0.876. The van der Waals surface area contributed by atoms with Gasteiger partial charge in [0.1, 0.15) is 6.42 Å². The number of hydrogen-bond donors (Lipinski definition) is 0. The van der Waals surface area contributed by atoms with E-state index in [-0.39, 0.29) is 13.2 Å². The van der Waals surface area contributed by atoms with Gasteiger partial charge in [-0.05, 0) is 20.8 Å². The lowest BCUT2D eigenvalue weighted by atomic mass is 10.4. The molecule has 0 aliphatic heterocycles. The lowest BCUT2D eigenvalue weighted by Crippen LogP contribution is -2.27. The van der Waals surface area contributed by atoms with Crippen LogP contribution in [0.15, 0.2) is 0 Å². The molecular formula is C10H16O6. The second-order valence-electron chi connectivity index (χ2n) is 2.87. The first-order valence-electron chi connectivity index (χ1n) is 5.03. The van der Waals surface area contributed by atoms with Crippen LogP contribution in [0.25, 0.3) is 0 Å². The number of esters is 3. The van der Waals surface area contributed by atoms with Crippen LogP contribution in [0.2, 0.25) is 0 Å². The van der Waals surface area contributed by atoms with Crippen molar-refractivity contribution in [3.05, 3.63) is 0 Å². The first-order valence-corrected chi connectivity index (χ1v) is 5.03. The van der Waals surface area contributed by atoms with Crippen LogP contribution in [0, 0.1) is 0 Å². The quantitative estimate of drug-likeness (QED) is 0.375. The van der Waals surface area contributed by atoms with Gasteiger partial charge in [-0.3, -0.25) is 9.59 Å². The number of hydrogen-bond acceptors (Lipinski definition) is 6. The van der Waals surface area contributed by atoms with Crippen LogP contribution in [-0.4, -0.2) is 37.2 Å². The Bertz CT molecular complexity index is 260. The highest BCUT2D eigenvalue weighted by atomic mass is 16.6. The number of carbonyl (C=O) groups is 3. The summed E-state index contributed by atoms with van der Waals surface area (Å²) in [6.07, 6.45) is -1.51. The molecule has 0 aromatic rings. The summed E-state index contributed by atoms with van der Waals surface area (Å²) in [4.78, 5) is 33.1. The summed E-state index contributed by atoms with van der Waals surface area (Å²) in [6, 6.07) is 0. The van der Waals surface area contributed by atoms with Gasteiger partial charge >= 0.3 is 17.9 Å². The van der Waals surface area contributed by atoms with E-state index in [4.69, 9.17) is 0 Å². The fraction of sp³-hybridized carbons (Fsp3) is 0.700. The largest absolute Gasteiger partial charge is 0.466 e. The van der Waals surface area contributed by atoms with Crippen LogP contribution in [-0.2, 0) is 28.6 Å². The molecular weight excluding hydrogens is 216 g/mol. The third-order valence-electron chi connectivity index (χ3n) is 1.52. The van der Waals surface area contributed by atoms with Crippen molar-refractivity contribution in [1.82, 2.24) is 0 Å². The maximum Gasteiger partial charge on any atom is 0.347 e. The van der Waals surface area contributed by atoms with Crippen molar-refractivity contribution < 1.29 is 28.6 Å². The number of carbonyl (C=O) groups excluding carboxylic acids is 3. The number of ether oxygens (including phenoxy) is 3. The van der Waals surface area contributed by atoms with Crippen LogP contribution in [0.3, 0.4) is 0 Å². The first-order chi connectivity index (χ1) is 7.51. The molecule has 0 amide bonds. The van der Waals surface area contributed by atoms with Gasteiger partial charge in [0, 0.05) is 0 Å². The SMILES string of the molecule is CCOC(=O)CC(=O)O[C@@H](C)C(=O)OCC. The van der Waals surface area contributed by atoms with Gasteiger partial charge in [0.15, 0.2) is 6.10 Å². The second-order valence-corrected chi connectivity index (χ2v) is 2.87. The third-order valence-corrected chi connectivity index (χ3v) is 1.52. The van der Waals surface area contributed by atoms with Gasteiger partial charge < -0.3 is 14.2 Å². The Morgan fingerprint density at radius 3 is 2.06 bits per heavy atom. The molecule has 16 heavy (non-hydrogen) atoms. The Hall–Kier alpha value is -1.59. The van der Waals surface area contributed by atoms with E-state index >= 15 is 0 Å². The van der Waals surface area contributed by atoms with Gasteiger partial charge in [-0.1, -0.05) is 0 Å². The molecule has 0 aromatic carbocycles. The Kier molecular flexibility index (Phi) is 6.91. The minimum atomic E-state index is -1.01. The predicted molar refractivity (Wildman–Crippen MR) is 53.4 cm³/mol. The summed E-state index contributed by atoms with van der Waals surface area (Å²) < 4.78 is 13.8. The van der Waals surface area contributed by atoms with E-state index in [0.29, 0.717) is 0 Å². The molecule has 6 heteroatoms. The van der Waals surface area contributed by atoms with Gasteiger partial charge in [0.25, 0.3) is 0 Å². The molecule has 92 valence electrons. The maximum absolute atomic E-state index is 11.1. The summed E-state index contributed by atoms with van der Waals surface area (Å²) >= 11 is 0. The van der Waals surface area contributed by atoms with E-state index in [1.807, 2.05) is 0 Å². The van der Waals surface area contributed by atoms with E-state index < -0.39 is 30.4 Å². The molecule has 0 aliphatic rings. The molecule has 0 aliphatic carbocycles. The predicted octanol–water partition coefficient (Wildman–Crippen LogP) is 0.434. The molecule has 0 radical (unpaired) electrons. The Morgan fingerprint density at radius 1 is 1.00 bits per heavy atom. The number of rotatable bonds is 6. The summed E-state index contributed by atoms with van der Waals surface area (Å²) in [6.45, 7) is 5.05. The Morgan fingerprint density at radius 2 is 1.56 bits per heavy atom. The average Bonchev–Trinajstić information content (AvgIpc) is 2.17. The Labute approximate surface area is 93.8 Å². The average molecular weight is 232 g/mol. The molecule has 0 aromatic heterocycles. The zero-order valence-electron chi connectivity index (χ0n) is 9.65. The lowest BCUT2D eigenvalue weighted by Gasteiger charge is -2.11. The zero-order valence-corrected chi connectivity index (χ0v) is 9.65. The molecule has 1 atom stereocenters. The smallest absolute Gasteiger partial charge is 0.347 e. The van der Waals surface area contributed by atoms with Crippen LogP contribution >= 0.6 is 0 Å². The van der Waals surface area contributed by atoms with Crippen molar-refractivity contribution in [2.24, 2.45) is 0 Å². The van der Waals surface area contributed by atoms with Gasteiger partial charge in [-0.25, -0.2) is 4.79 Å². The second kappa shape index (κ2) is 7.67. The molecule has 6 nitrogen and oxygen atoms in total. The molecule has 0 saturated carbocycles. The lowest BCUT2D eigenvalue weighted by molar-refractivity contribution is -0.169. The van der Waals surface area contributed by atoms with E-state index in [1.165, 1.54) is 6.92 Å². The van der Waals surface area contributed by atoms with Crippen molar-refractivity contribution in [2.75, 3.05) is 13.2 Å². The van der Waals surface area contributed by atoms with Gasteiger partial charge in [0.2, 0.25) is 0 Å². The van der Waals surface area contributed by atoms with Crippen LogP contribution in [0.1, 0.15) is 27.2 Å². The normalized spacial score (nSPS) is 11.4. The molecule has 0 N–H and O–H groups in total. The van der Waals surface area contributed by atoms with Crippen molar-refractivity contribution >= 4 is 17.9 Å². The minimum Gasteiger partial charge on any atom is -0.466 e. The van der Waals surface area contributed by atoms with E-state index in [0.717, 1.165) is 0 Å². The standard InChI is InChI=1S/C10H16O6/c1-4-14-8(11)6-9(12)16-7(3)10(13)15-5-2/h7H,4-6H2,1-3H3/t7-/m0/s1. The topological polar surface area (TPSA) is 78.9 Å². The van der Waals surface area contributed by atoms with Gasteiger partial charge in [-0.15, -0.1) is 0 Å². The van der Waals surface area contributed by atoms with Crippen molar-refractivity contribution in [1.29, 1.82) is 0 Å². The summed E-state index contributed by atoms with van der Waals surface area (Å²) in [5.74, 6) is -2.12. The van der Waals surface area contributed by atoms with Crippen molar-refractivity contribution in [3.63, 3.8) is 0 Å². The molecule has 0 rings (SSSR count). The maximum atomic E-state index is 11.1. The third kappa shape index (κ3) is 6.00. The molecule has 0 unspecified atom stereocenters. The molecule has 0 fully saturated rings. The van der Waals surface area contributed by atoms with E-state index in [2.05, 4.69) is 14.2 Å². The Balaban J connectivity index is 3.95. The van der Waals surface area contributed by atoms with Crippen LogP contribution < -0.4 is 0 Å². The van der Waals surface area contributed by atoms with E-state index in [9.17, 15) is 14.4 Å². The minimum absolute atomic E-state index is 0.194. The molecule has 0 spiro atoms. The fourth-order valence-corrected chi connectivity index (χ4v) is 0.876. The zero-order chi connectivity index (χ0) is 12.6. The van der Waals surface area contributed by atoms with Gasteiger partial charge in [-0.2, -0.15) is 0 Å². The monoisotopic (exact) mass is 232 g/mol. The van der Waals surface area contributed by atoms with Crippen molar-refractivity contribution in [2.45, 2.75) is 33.3 Å². The highest BCUT2D eigenvalue weighted by Gasteiger charge is 2.20. The highest BCUT2D eigenvalue weighted by molar-refractivity contribution is 5.92. The first kappa shape index (κ1) is 14.4. The summed E-state index contributed by atoms with van der Waals surface area (Å²) in [5.41, 5.74) is 0. The highest BCUT2D eigenvalue weighted by Crippen LogP contribution is 1.99.